The number of benzene rings is 5. The van der Waals surface area contributed by atoms with Gasteiger partial charge in [0.25, 0.3) is 5.91 Å². The molecule has 0 saturated carbocycles. The van der Waals surface area contributed by atoms with Crippen molar-refractivity contribution in [1.29, 1.82) is 0 Å². The number of azo groups is 1. The maximum absolute atomic E-state index is 13.9. The lowest BCUT2D eigenvalue weighted by atomic mass is 10.0. The van der Waals surface area contributed by atoms with Gasteiger partial charge in [0.1, 0.15) is 22.8 Å². The second-order valence-corrected chi connectivity index (χ2v) is 9.46. The number of carbonyl (C=O) groups excluding carboxylic acids is 1. The Labute approximate surface area is 236 Å². The standard InChI is InChI=1S/C34H24N4O3/c39-30(22-23-19-20-24-11-7-8-16-27(24)21-23)38-33(26-14-5-2-6-15-26)32(31(37-38)25-12-3-1-4-13-25)36-35-29-18-10-9-17-28(29)34(40)41/h1-21H,22H2,(H,40,41). The number of aromatic nitrogens is 2. The van der Waals surface area contributed by atoms with Crippen LogP contribution in [0.5, 0.6) is 0 Å². The van der Waals surface area contributed by atoms with Crippen molar-refractivity contribution < 1.29 is 14.7 Å². The Bertz CT molecular complexity index is 1910. The summed E-state index contributed by atoms with van der Waals surface area (Å²) in [5.74, 6) is -1.34. The number of fused-ring (bicyclic) bond motifs is 1. The van der Waals surface area contributed by atoms with Crippen LogP contribution in [0.1, 0.15) is 20.7 Å². The first-order chi connectivity index (χ1) is 20.1. The number of hydrogen-bond donors (Lipinski definition) is 1. The molecule has 0 amide bonds. The number of carbonyl (C=O) groups is 2. The third-order valence-corrected chi connectivity index (χ3v) is 6.75. The fourth-order valence-corrected chi connectivity index (χ4v) is 4.77. The molecule has 198 valence electrons. The van der Waals surface area contributed by atoms with Crippen molar-refractivity contribution in [2.45, 2.75) is 6.42 Å². The minimum atomic E-state index is -1.10. The highest BCUT2D eigenvalue weighted by Crippen LogP contribution is 2.40. The van der Waals surface area contributed by atoms with Crippen LogP contribution < -0.4 is 0 Å². The predicted molar refractivity (Wildman–Crippen MR) is 159 cm³/mol. The van der Waals surface area contributed by atoms with Gasteiger partial charge in [0.05, 0.1) is 12.0 Å². The van der Waals surface area contributed by atoms with Crippen molar-refractivity contribution in [1.82, 2.24) is 9.78 Å². The Morgan fingerprint density at radius 3 is 2.05 bits per heavy atom. The van der Waals surface area contributed by atoms with E-state index in [2.05, 4.69) is 10.2 Å². The van der Waals surface area contributed by atoms with Gasteiger partial charge >= 0.3 is 5.97 Å². The zero-order chi connectivity index (χ0) is 28.2. The van der Waals surface area contributed by atoms with Crippen LogP contribution in [0.15, 0.2) is 138 Å². The van der Waals surface area contributed by atoms with Crippen molar-refractivity contribution in [3.05, 3.63) is 139 Å². The van der Waals surface area contributed by atoms with Gasteiger partial charge in [0.2, 0.25) is 0 Å². The maximum Gasteiger partial charge on any atom is 0.337 e. The molecule has 1 aromatic heterocycles. The monoisotopic (exact) mass is 536 g/mol. The van der Waals surface area contributed by atoms with Crippen LogP contribution in [0, 0.1) is 0 Å². The molecule has 0 atom stereocenters. The molecule has 7 nitrogen and oxygen atoms in total. The van der Waals surface area contributed by atoms with Crippen molar-refractivity contribution in [2.75, 3.05) is 0 Å². The van der Waals surface area contributed by atoms with Gasteiger partial charge in [-0.25, -0.2) is 4.79 Å². The molecule has 0 aliphatic carbocycles. The van der Waals surface area contributed by atoms with Crippen LogP contribution in [0.4, 0.5) is 11.4 Å². The summed E-state index contributed by atoms with van der Waals surface area (Å²) in [6.45, 7) is 0. The van der Waals surface area contributed by atoms with Crippen LogP contribution in [0.3, 0.4) is 0 Å². The molecule has 0 spiro atoms. The Morgan fingerprint density at radius 1 is 0.683 bits per heavy atom. The topological polar surface area (TPSA) is 96.9 Å². The maximum atomic E-state index is 13.9. The number of nitrogens with zero attached hydrogens (tertiary/aromatic N) is 4. The van der Waals surface area contributed by atoms with Crippen molar-refractivity contribution in [2.24, 2.45) is 10.2 Å². The minimum Gasteiger partial charge on any atom is -0.478 e. The average Bonchev–Trinajstić information content (AvgIpc) is 3.40. The predicted octanol–water partition coefficient (Wildman–Crippen LogP) is 8.37. The molecule has 0 fully saturated rings. The quantitative estimate of drug-likeness (QED) is 0.207. The van der Waals surface area contributed by atoms with E-state index in [-0.39, 0.29) is 23.6 Å². The third kappa shape index (κ3) is 5.29. The normalized spacial score (nSPS) is 11.2. The lowest BCUT2D eigenvalue weighted by Crippen LogP contribution is -2.16. The van der Waals surface area contributed by atoms with Gasteiger partial charge in [0, 0.05) is 11.1 Å². The molecule has 0 bridgehead atoms. The SMILES string of the molecule is O=C(O)c1ccccc1N=Nc1c(-c2ccccc2)nn(C(=O)Cc2ccc3ccccc3c2)c1-c1ccccc1. The Morgan fingerprint density at radius 2 is 1.32 bits per heavy atom. The van der Waals surface area contributed by atoms with Crippen molar-refractivity contribution >= 4 is 34.0 Å². The molecule has 7 heteroatoms. The fraction of sp³-hybridized carbons (Fsp3) is 0.0294. The molecule has 0 unspecified atom stereocenters. The van der Waals surface area contributed by atoms with Gasteiger partial charge in [-0.1, -0.05) is 115 Å². The zero-order valence-electron chi connectivity index (χ0n) is 21.9. The van der Waals surface area contributed by atoms with Gasteiger partial charge in [0.15, 0.2) is 0 Å². The highest BCUT2D eigenvalue weighted by atomic mass is 16.4. The lowest BCUT2D eigenvalue weighted by molar-refractivity contribution is 0.0697. The van der Waals surface area contributed by atoms with Crippen molar-refractivity contribution in [3.8, 4) is 22.5 Å². The Balaban J connectivity index is 1.52. The summed E-state index contributed by atoms with van der Waals surface area (Å²) in [5, 5.41) is 25.5. The first-order valence-electron chi connectivity index (χ1n) is 13.1. The molecule has 6 rings (SSSR count). The summed E-state index contributed by atoms with van der Waals surface area (Å²) in [7, 11) is 0. The van der Waals surface area contributed by atoms with Crippen LogP contribution in [-0.4, -0.2) is 26.8 Å². The molecule has 0 saturated heterocycles. The summed E-state index contributed by atoms with van der Waals surface area (Å²) < 4.78 is 1.39. The van der Waals surface area contributed by atoms with Gasteiger partial charge in [-0.15, -0.1) is 10.2 Å². The Kier molecular flexibility index (Phi) is 6.99. The fourth-order valence-electron chi connectivity index (χ4n) is 4.77. The smallest absolute Gasteiger partial charge is 0.337 e. The minimum absolute atomic E-state index is 0.0264. The first-order valence-corrected chi connectivity index (χ1v) is 13.1. The molecule has 0 aliphatic rings. The average molecular weight is 537 g/mol. The highest BCUT2D eigenvalue weighted by Gasteiger charge is 2.25. The number of hydrogen-bond acceptors (Lipinski definition) is 5. The van der Waals surface area contributed by atoms with Gasteiger partial charge in [-0.2, -0.15) is 9.78 Å². The number of aromatic carboxylic acids is 1. The van der Waals surface area contributed by atoms with E-state index < -0.39 is 5.97 Å². The number of carboxylic acid groups (broad SMARTS) is 1. The van der Waals surface area contributed by atoms with E-state index in [4.69, 9.17) is 5.10 Å². The van der Waals surface area contributed by atoms with Gasteiger partial charge in [-0.05, 0) is 28.5 Å². The van der Waals surface area contributed by atoms with Crippen LogP contribution in [0.2, 0.25) is 0 Å². The lowest BCUT2D eigenvalue weighted by Gasteiger charge is -2.08. The van der Waals surface area contributed by atoms with E-state index in [1.807, 2.05) is 103 Å². The van der Waals surface area contributed by atoms with E-state index in [1.54, 1.807) is 18.2 Å². The molecule has 6 aromatic rings. The molecule has 0 radical (unpaired) electrons. The zero-order valence-corrected chi connectivity index (χ0v) is 21.9. The molecule has 1 heterocycles. The summed E-state index contributed by atoms with van der Waals surface area (Å²) in [6.07, 6.45) is 0.124. The van der Waals surface area contributed by atoms with E-state index >= 15 is 0 Å². The summed E-state index contributed by atoms with van der Waals surface area (Å²) in [4.78, 5) is 25.7. The van der Waals surface area contributed by atoms with E-state index in [0.29, 0.717) is 17.1 Å². The second kappa shape index (κ2) is 11.2. The van der Waals surface area contributed by atoms with E-state index in [9.17, 15) is 14.7 Å². The highest BCUT2D eigenvalue weighted by molar-refractivity contribution is 5.95. The third-order valence-electron chi connectivity index (χ3n) is 6.75. The Hall–Kier alpha value is -5.69. The largest absolute Gasteiger partial charge is 0.478 e. The molecular weight excluding hydrogens is 512 g/mol. The van der Waals surface area contributed by atoms with E-state index in [1.165, 1.54) is 10.7 Å². The molecule has 0 aliphatic heterocycles. The summed E-state index contributed by atoms with van der Waals surface area (Å²) >= 11 is 0. The number of carboxylic acids is 1. The molecular formula is C34H24N4O3. The first kappa shape index (κ1) is 25.6. The summed E-state index contributed by atoms with van der Waals surface area (Å²) in [6, 6.07) is 39.3. The van der Waals surface area contributed by atoms with Crippen LogP contribution in [0.25, 0.3) is 33.3 Å². The molecule has 41 heavy (non-hydrogen) atoms. The number of rotatable bonds is 7. The van der Waals surface area contributed by atoms with E-state index in [0.717, 1.165) is 27.5 Å². The van der Waals surface area contributed by atoms with Crippen LogP contribution >= 0.6 is 0 Å². The van der Waals surface area contributed by atoms with Crippen LogP contribution in [-0.2, 0) is 6.42 Å². The molecule has 5 aromatic carbocycles. The van der Waals surface area contributed by atoms with Gasteiger partial charge < -0.3 is 5.11 Å². The summed E-state index contributed by atoms with van der Waals surface area (Å²) in [5.41, 5.74) is 3.89. The van der Waals surface area contributed by atoms with Gasteiger partial charge in [-0.3, -0.25) is 4.79 Å². The van der Waals surface area contributed by atoms with Crippen molar-refractivity contribution in [3.63, 3.8) is 0 Å². The molecule has 1 N–H and O–H groups in total. The second-order valence-electron chi connectivity index (χ2n) is 9.46.